The number of anilines is 2. The van der Waals surface area contributed by atoms with Crippen LogP contribution in [-0.4, -0.2) is 22.5 Å². The predicted octanol–water partition coefficient (Wildman–Crippen LogP) is 2.28. The van der Waals surface area contributed by atoms with Crippen LogP contribution in [-0.2, 0) is 9.59 Å². The molecule has 20 heavy (non-hydrogen) atoms. The minimum Gasteiger partial charge on any atom is -0.380 e. The van der Waals surface area contributed by atoms with Gasteiger partial charge in [-0.3, -0.25) is 9.59 Å². The predicted molar refractivity (Wildman–Crippen MR) is 77.4 cm³/mol. The third-order valence-corrected chi connectivity index (χ3v) is 3.58. The van der Waals surface area contributed by atoms with Gasteiger partial charge in [-0.25, -0.2) is 0 Å². The van der Waals surface area contributed by atoms with Crippen molar-refractivity contribution in [2.24, 2.45) is 0 Å². The van der Waals surface area contributed by atoms with Gasteiger partial charge in [0, 0.05) is 17.8 Å². The van der Waals surface area contributed by atoms with Crippen LogP contribution in [0.1, 0.15) is 39.0 Å². The van der Waals surface area contributed by atoms with E-state index in [1.807, 2.05) is 0 Å². The molecule has 0 atom stereocenters. The summed E-state index contributed by atoms with van der Waals surface area (Å²) in [6.07, 6.45) is 3.15. The minimum absolute atomic E-state index is 0.0807. The number of carbonyl (C=O) groups is 2. The van der Waals surface area contributed by atoms with Crippen molar-refractivity contribution in [3.05, 3.63) is 24.3 Å². The van der Waals surface area contributed by atoms with E-state index >= 15 is 0 Å². The number of hydrogen-bond donors (Lipinski definition) is 3. The van der Waals surface area contributed by atoms with Crippen molar-refractivity contribution >= 4 is 23.2 Å². The van der Waals surface area contributed by atoms with Crippen molar-refractivity contribution in [1.82, 2.24) is 0 Å². The number of amides is 2. The SMILES string of the molecule is CCC(=O)Nc1cccc(NC(=O)C2(O)CCCC2)c1. The molecule has 0 radical (unpaired) electrons. The molecule has 5 heteroatoms. The highest BCUT2D eigenvalue weighted by molar-refractivity contribution is 5.98. The zero-order valence-corrected chi connectivity index (χ0v) is 11.6. The highest BCUT2D eigenvalue weighted by Gasteiger charge is 2.38. The van der Waals surface area contributed by atoms with Gasteiger partial charge in [-0.05, 0) is 43.9 Å². The molecule has 5 nitrogen and oxygen atoms in total. The fourth-order valence-electron chi connectivity index (χ4n) is 2.36. The molecule has 2 amide bonds. The first-order chi connectivity index (χ1) is 9.53. The Hall–Kier alpha value is -1.88. The highest BCUT2D eigenvalue weighted by atomic mass is 16.3. The first-order valence-corrected chi connectivity index (χ1v) is 6.97. The van der Waals surface area contributed by atoms with Crippen LogP contribution in [0.4, 0.5) is 11.4 Å². The Bertz CT molecular complexity index is 508. The normalized spacial score (nSPS) is 16.7. The molecular weight excluding hydrogens is 256 g/mol. The highest BCUT2D eigenvalue weighted by Crippen LogP contribution is 2.30. The Labute approximate surface area is 118 Å². The molecule has 0 aromatic heterocycles. The molecule has 2 rings (SSSR count). The lowest BCUT2D eigenvalue weighted by Crippen LogP contribution is -2.40. The molecule has 0 bridgehead atoms. The van der Waals surface area contributed by atoms with Gasteiger partial charge in [0.05, 0.1) is 0 Å². The summed E-state index contributed by atoms with van der Waals surface area (Å²) in [5.41, 5.74) is -0.0415. The van der Waals surface area contributed by atoms with E-state index in [2.05, 4.69) is 10.6 Å². The maximum absolute atomic E-state index is 12.1. The largest absolute Gasteiger partial charge is 0.380 e. The standard InChI is InChI=1S/C15H20N2O3/c1-2-13(18)16-11-6-5-7-12(10-11)17-14(19)15(20)8-3-4-9-15/h5-7,10,20H,2-4,8-9H2,1H3,(H,16,18)(H,17,19). The molecule has 0 heterocycles. The topological polar surface area (TPSA) is 78.4 Å². The number of nitrogens with one attached hydrogen (secondary N) is 2. The van der Waals surface area contributed by atoms with Gasteiger partial charge in [-0.15, -0.1) is 0 Å². The summed E-state index contributed by atoms with van der Waals surface area (Å²) >= 11 is 0. The summed E-state index contributed by atoms with van der Waals surface area (Å²) in [5, 5.41) is 15.6. The zero-order chi connectivity index (χ0) is 14.6. The van der Waals surface area contributed by atoms with Crippen molar-refractivity contribution in [1.29, 1.82) is 0 Å². The van der Waals surface area contributed by atoms with Crippen molar-refractivity contribution in [3.63, 3.8) is 0 Å². The van der Waals surface area contributed by atoms with Crippen molar-refractivity contribution < 1.29 is 14.7 Å². The molecule has 0 unspecified atom stereocenters. The molecule has 0 spiro atoms. The van der Waals surface area contributed by atoms with Gasteiger partial charge in [0.15, 0.2) is 0 Å². The molecule has 1 saturated carbocycles. The third kappa shape index (κ3) is 3.36. The molecule has 1 fully saturated rings. The summed E-state index contributed by atoms with van der Waals surface area (Å²) in [6, 6.07) is 6.93. The first-order valence-electron chi connectivity index (χ1n) is 6.97. The second-order valence-electron chi connectivity index (χ2n) is 5.18. The zero-order valence-electron chi connectivity index (χ0n) is 11.6. The molecule has 108 valence electrons. The van der Waals surface area contributed by atoms with Gasteiger partial charge in [-0.2, -0.15) is 0 Å². The van der Waals surface area contributed by atoms with Gasteiger partial charge in [0.2, 0.25) is 5.91 Å². The molecule has 0 saturated heterocycles. The van der Waals surface area contributed by atoms with Crippen LogP contribution in [0, 0.1) is 0 Å². The quantitative estimate of drug-likeness (QED) is 0.789. The lowest BCUT2D eigenvalue weighted by molar-refractivity contribution is -0.133. The van der Waals surface area contributed by atoms with Crippen LogP contribution in [0.15, 0.2) is 24.3 Å². The summed E-state index contributed by atoms with van der Waals surface area (Å²) in [6.45, 7) is 1.77. The fraction of sp³-hybridized carbons (Fsp3) is 0.467. The van der Waals surface area contributed by atoms with E-state index in [9.17, 15) is 14.7 Å². The fourth-order valence-corrected chi connectivity index (χ4v) is 2.36. The van der Waals surface area contributed by atoms with Crippen LogP contribution in [0.2, 0.25) is 0 Å². The first kappa shape index (κ1) is 14.5. The molecular formula is C15H20N2O3. The van der Waals surface area contributed by atoms with Gasteiger partial charge >= 0.3 is 0 Å². The number of benzene rings is 1. The van der Waals surface area contributed by atoms with Crippen molar-refractivity contribution in [3.8, 4) is 0 Å². The summed E-state index contributed by atoms with van der Waals surface area (Å²) < 4.78 is 0. The van der Waals surface area contributed by atoms with E-state index in [0.29, 0.717) is 30.6 Å². The van der Waals surface area contributed by atoms with E-state index < -0.39 is 5.60 Å². The van der Waals surface area contributed by atoms with Crippen molar-refractivity contribution in [2.45, 2.75) is 44.6 Å². The molecule has 3 N–H and O–H groups in total. The second kappa shape index (κ2) is 6.05. The van der Waals surface area contributed by atoms with Gasteiger partial charge in [-0.1, -0.05) is 13.0 Å². The molecule has 1 aromatic carbocycles. The Morgan fingerprint density at radius 2 is 1.80 bits per heavy atom. The number of hydrogen-bond acceptors (Lipinski definition) is 3. The molecule has 0 aliphatic heterocycles. The van der Waals surface area contributed by atoms with E-state index in [1.54, 1.807) is 31.2 Å². The van der Waals surface area contributed by atoms with Crippen LogP contribution in [0.25, 0.3) is 0 Å². The lowest BCUT2D eigenvalue weighted by atomic mass is 10.0. The summed E-state index contributed by atoms with van der Waals surface area (Å²) in [5.74, 6) is -0.447. The maximum atomic E-state index is 12.1. The summed E-state index contributed by atoms with van der Waals surface area (Å²) in [7, 11) is 0. The Kier molecular flexibility index (Phi) is 4.39. The molecule has 1 aromatic rings. The average molecular weight is 276 g/mol. The van der Waals surface area contributed by atoms with Gasteiger partial charge in [0.25, 0.3) is 5.91 Å². The summed E-state index contributed by atoms with van der Waals surface area (Å²) in [4.78, 5) is 23.4. The maximum Gasteiger partial charge on any atom is 0.256 e. The monoisotopic (exact) mass is 276 g/mol. The Morgan fingerprint density at radius 3 is 2.40 bits per heavy atom. The van der Waals surface area contributed by atoms with Crippen LogP contribution < -0.4 is 10.6 Å². The number of rotatable bonds is 4. The Balaban J connectivity index is 2.04. The van der Waals surface area contributed by atoms with E-state index in [-0.39, 0.29) is 11.8 Å². The smallest absolute Gasteiger partial charge is 0.256 e. The third-order valence-electron chi connectivity index (χ3n) is 3.58. The van der Waals surface area contributed by atoms with E-state index in [4.69, 9.17) is 0 Å². The number of carbonyl (C=O) groups excluding carboxylic acids is 2. The second-order valence-corrected chi connectivity index (χ2v) is 5.18. The van der Waals surface area contributed by atoms with Crippen molar-refractivity contribution in [2.75, 3.05) is 10.6 Å². The lowest BCUT2D eigenvalue weighted by Gasteiger charge is -2.21. The minimum atomic E-state index is -1.25. The average Bonchev–Trinajstić information content (AvgIpc) is 2.87. The van der Waals surface area contributed by atoms with E-state index in [1.165, 1.54) is 0 Å². The Morgan fingerprint density at radius 1 is 1.20 bits per heavy atom. The van der Waals surface area contributed by atoms with Crippen LogP contribution in [0.3, 0.4) is 0 Å². The van der Waals surface area contributed by atoms with Gasteiger partial charge < -0.3 is 15.7 Å². The molecule has 1 aliphatic carbocycles. The van der Waals surface area contributed by atoms with Crippen LogP contribution >= 0.6 is 0 Å². The van der Waals surface area contributed by atoms with E-state index in [0.717, 1.165) is 12.8 Å². The molecule has 1 aliphatic rings. The van der Waals surface area contributed by atoms with Crippen LogP contribution in [0.5, 0.6) is 0 Å². The number of aliphatic hydroxyl groups is 1. The van der Waals surface area contributed by atoms with Gasteiger partial charge in [0.1, 0.15) is 5.60 Å².